The Balaban J connectivity index is -0.0000000909. The minimum Gasteiger partial charge on any atom is -0.0683 e. The van der Waals surface area contributed by atoms with Gasteiger partial charge in [0.2, 0.25) is 0 Å². The smallest absolute Gasteiger partial charge is 0.0533 e. The largest absolute Gasteiger partial charge is 0.0683 e. The van der Waals surface area contributed by atoms with Gasteiger partial charge in [-0.05, 0) is 0 Å². The van der Waals surface area contributed by atoms with Crippen LogP contribution >= 0.6 is 0 Å². The molecule has 0 saturated heterocycles. The van der Waals surface area contributed by atoms with Gasteiger partial charge in [0, 0.05) is 0 Å². The van der Waals surface area contributed by atoms with E-state index in [4.69, 9.17) is 0 Å². The molecule has 0 aromatic heterocycles. The van der Waals surface area contributed by atoms with Crippen LogP contribution in [0.4, 0.5) is 0 Å². The van der Waals surface area contributed by atoms with E-state index in [-0.39, 0.29) is 0 Å². The Morgan fingerprint density at radius 1 is 0.333 bits per heavy atom. The maximum atomic E-state index is 2.12. The Hall–Kier alpha value is 0. The summed E-state index contributed by atoms with van der Waals surface area (Å²) < 4.78 is 0. The van der Waals surface area contributed by atoms with Gasteiger partial charge in [0.05, 0.1) is 0 Å². The third kappa shape index (κ3) is 45.0. The Kier molecular flexibility index (Phi) is 59.1. The van der Waals surface area contributed by atoms with Gasteiger partial charge in [-0.1, -0.05) is 139 Å². The molecular weight excluding hydrogens is 252 g/mol. The highest BCUT2D eigenvalue weighted by Gasteiger charge is 1.96. The van der Waals surface area contributed by atoms with Gasteiger partial charge in [-0.25, -0.2) is 0 Å². The topological polar surface area (TPSA) is 0 Å². The lowest BCUT2D eigenvalue weighted by molar-refractivity contribution is 0.504. The van der Waals surface area contributed by atoms with E-state index >= 15 is 0 Å². The molecule has 2 aliphatic rings. The van der Waals surface area contributed by atoms with Crippen molar-refractivity contribution < 1.29 is 0 Å². The van der Waals surface area contributed by atoms with Crippen molar-refractivity contribution in [3.63, 3.8) is 0 Å². The fraction of sp³-hybridized carbons (Fsp3) is 1.00. The monoisotopic (exact) mass is 302 g/mol. The second-order valence-corrected chi connectivity index (χ2v) is 4.95. The summed E-state index contributed by atoms with van der Waals surface area (Å²) in [7, 11) is 0. The molecule has 21 heavy (non-hydrogen) atoms. The van der Waals surface area contributed by atoms with Crippen molar-refractivity contribution in [1.82, 2.24) is 0 Å². The molecule has 134 valence electrons. The molecule has 0 aromatic rings. The van der Waals surface area contributed by atoms with Gasteiger partial charge in [0.15, 0.2) is 0 Å². The van der Waals surface area contributed by atoms with Crippen LogP contribution in [0.5, 0.6) is 0 Å². The third-order valence-electron chi connectivity index (χ3n) is 3.00. The number of hydrogen-bond acceptors (Lipinski definition) is 0. The van der Waals surface area contributed by atoms with Crippen LogP contribution in [0.15, 0.2) is 0 Å². The Morgan fingerprint density at radius 2 is 0.381 bits per heavy atom. The molecule has 2 fully saturated rings. The molecule has 0 spiro atoms. The van der Waals surface area contributed by atoms with Crippen LogP contribution in [0.3, 0.4) is 0 Å². The van der Waals surface area contributed by atoms with Crippen molar-refractivity contribution >= 4 is 0 Å². The summed E-state index contributed by atoms with van der Waals surface area (Å²) in [5, 5.41) is 0. The van der Waals surface area contributed by atoms with Crippen molar-refractivity contribution in [2.45, 2.75) is 139 Å². The van der Waals surface area contributed by atoms with Crippen LogP contribution in [0.1, 0.15) is 139 Å². The predicted molar refractivity (Wildman–Crippen MR) is 105 cm³/mol. The SMILES string of the molecule is C1CCCCC1.C1CCCCC1.CC.CC.CC.CCC. The quantitative estimate of drug-likeness (QED) is 0.418. The summed E-state index contributed by atoms with van der Waals surface area (Å²) in [6, 6.07) is 0. The van der Waals surface area contributed by atoms with Crippen molar-refractivity contribution in [3.05, 3.63) is 0 Å². The standard InChI is InChI=1S/2C6H12.C3H8.3C2H6/c2*1-2-4-6-5-3-1;1-3-2;3*1-2/h2*1-6H2;3H2,1-2H3;3*1-2H3. The maximum absolute atomic E-state index is 2.12. The molecule has 0 heterocycles. The van der Waals surface area contributed by atoms with E-state index in [1.165, 1.54) is 83.5 Å². The van der Waals surface area contributed by atoms with Crippen molar-refractivity contribution in [3.8, 4) is 0 Å². The zero-order chi connectivity index (χ0) is 17.2. The molecule has 2 aliphatic carbocycles. The Morgan fingerprint density at radius 3 is 0.429 bits per heavy atom. The zero-order valence-corrected chi connectivity index (χ0v) is 17.2. The van der Waals surface area contributed by atoms with Gasteiger partial charge < -0.3 is 0 Å². The molecule has 0 unspecified atom stereocenters. The van der Waals surface area contributed by atoms with Gasteiger partial charge in [-0.3, -0.25) is 0 Å². The van der Waals surface area contributed by atoms with Gasteiger partial charge in [0.1, 0.15) is 0 Å². The summed E-state index contributed by atoms with van der Waals surface area (Å²) >= 11 is 0. The second kappa shape index (κ2) is 42.7. The Bertz CT molecular complexity index is 53.2. The van der Waals surface area contributed by atoms with E-state index in [9.17, 15) is 0 Å². The second-order valence-electron chi connectivity index (χ2n) is 4.95. The molecule has 0 amide bonds. The molecule has 0 aliphatic heterocycles. The minimum absolute atomic E-state index is 1.25. The van der Waals surface area contributed by atoms with Crippen LogP contribution in [-0.4, -0.2) is 0 Å². The van der Waals surface area contributed by atoms with Crippen LogP contribution in [0.2, 0.25) is 0 Å². The first kappa shape index (κ1) is 29.1. The molecule has 2 rings (SSSR count). The lowest BCUT2D eigenvalue weighted by Gasteiger charge is -2.05. The molecule has 0 nitrogen and oxygen atoms in total. The molecule has 0 bridgehead atoms. The molecular formula is C21H50. The van der Waals surface area contributed by atoms with Crippen LogP contribution in [-0.2, 0) is 0 Å². The average Bonchev–Trinajstić information content (AvgIpc) is 2.64. The maximum Gasteiger partial charge on any atom is -0.0533 e. The van der Waals surface area contributed by atoms with Crippen molar-refractivity contribution in [1.29, 1.82) is 0 Å². The highest BCUT2D eigenvalue weighted by atomic mass is 14.0. The van der Waals surface area contributed by atoms with Gasteiger partial charge >= 0.3 is 0 Å². The molecule has 2 saturated carbocycles. The summed E-state index contributed by atoms with van der Waals surface area (Å²) in [5.41, 5.74) is 0. The van der Waals surface area contributed by atoms with E-state index in [1.54, 1.807) is 0 Å². The van der Waals surface area contributed by atoms with Gasteiger partial charge in [0.25, 0.3) is 0 Å². The Labute approximate surface area is 139 Å². The third-order valence-corrected chi connectivity index (χ3v) is 3.00. The van der Waals surface area contributed by atoms with Crippen LogP contribution in [0.25, 0.3) is 0 Å². The van der Waals surface area contributed by atoms with Crippen molar-refractivity contribution in [2.75, 3.05) is 0 Å². The first-order chi connectivity index (χ1) is 10.4. The summed E-state index contributed by atoms with van der Waals surface area (Å²) in [4.78, 5) is 0. The van der Waals surface area contributed by atoms with Gasteiger partial charge in [-0.15, -0.1) is 0 Å². The van der Waals surface area contributed by atoms with Crippen LogP contribution < -0.4 is 0 Å². The molecule has 0 N–H and O–H groups in total. The predicted octanol–water partition coefficient (Wildman–Crippen LogP) is 9.18. The zero-order valence-electron chi connectivity index (χ0n) is 17.2. The van der Waals surface area contributed by atoms with Crippen molar-refractivity contribution in [2.24, 2.45) is 0 Å². The van der Waals surface area contributed by atoms with E-state index in [2.05, 4.69) is 13.8 Å². The van der Waals surface area contributed by atoms with E-state index in [0.717, 1.165) is 0 Å². The van der Waals surface area contributed by atoms with Gasteiger partial charge in [-0.2, -0.15) is 0 Å². The van der Waals surface area contributed by atoms with E-state index in [0.29, 0.717) is 0 Å². The summed E-state index contributed by atoms with van der Waals surface area (Å²) in [6.45, 7) is 16.2. The summed E-state index contributed by atoms with van der Waals surface area (Å²) in [6.07, 6.45) is 19.2. The van der Waals surface area contributed by atoms with E-state index in [1.807, 2.05) is 41.5 Å². The fourth-order valence-electron chi connectivity index (χ4n) is 2.12. The van der Waals surface area contributed by atoms with Crippen LogP contribution in [0, 0.1) is 0 Å². The molecule has 0 heteroatoms. The van der Waals surface area contributed by atoms with E-state index < -0.39 is 0 Å². The summed E-state index contributed by atoms with van der Waals surface area (Å²) in [5.74, 6) is 0. The average molecular weight is 303 g/mol. The first-order valence-electron chi connectivity index (χ1n) is 10.4. The number of hydrogen-bond donors (Lipinski definition) is 0. The fourth-order valence-corrected chi connectivity index (χ4v) is 2.12. The lowest BCUT2D eigenvalue weighted by atomic mass is 10.0. The molecule has 0 aromatic carbocycles. The molecule has 0 atom stereocenters. The first-order valence-corrected chi connectivity index (χ1v) is 10.4. The molecule has 0 radical (unpaired) electrons. The number of rotatable bonds is 0. The minimum atomic E-state index is 1.25. The highest BCUT2D eigenvalue weighted by Crippen LogP contribution is 2.15. The lowest BCUT2D eigenvalue weighted by Crippen LogP contribution is -1.85. The normalized spacial score (nSPS) is 15.4. The highest BCUT2D eigenvalue weighted by molar-refractivity contribution is 4.51.